The molecule has 166 valence electrons. The van der Waals surface area contributed by atoms with Crippen LogP contribution >= 0.6 is 0 Å². The van der Waals surface area contributed by atoms with Crippen LogP contribution in [-0.4, -0.2) is 44.1 Å². The smallest absolute Gasteiger partial charge is 0.356 e. The predicted octanol–water partition coefficient (Wildman–Crippen LogP) is 2.65. The van der Waals surface area contributed by atoms with E-state index >= 15 is 0 Å². The van der Waals surface area contributed by atoms with Crippen molar-refractivity contribution in [2.75, 3.05) is 0 Å². The summed E-state index contributed by atoms with van der Waals surface area (Å²) in [5.41, 5.74) is 2.62. The van der Waals surface area contributed by atoms with Gasteiger partial charge in [0.25, 0.3) is 0 Å². The van der Waals surface area contributed by atoms with Gasteiger partial charge < -0.3 is 19.7 Å². The lowest BCUT2D eigenvalue weighted by molar-refractivity contribution is -0.137. The van der Waals surface area contributed by atoms with Crippen LogP contribution in [0, 0.1) is 20.8 Å². The lowest BCUT2D eigenvalue weighted by Gasteiger charge is -2.10. The Labute approximate surface area is 178 Å². The van der Waals surface area contributed by atoms with E-state index in [-0.39, 0.29) is 23.6 Å². The molecule has 0 amide bonds. The van der Waals surface area contributed by atoms with Gasteiger partial charge in [-0.15, -0.1) is 0 Å². The van der Waals surface area contributed by atoms with Gasteiger partial charge in [0.2, 0.25) is 0 Å². The number of rotatable bonds is 6. The number of carboxylic acid groups (broad SMARTS) is 2. The molecule has 0 aliphatic rings. The Morgan fingerprint density at radius 1 is 0.839 bits per heavy atom. The zero-order valence-electron chi connectivity index (χ0n) is 17.9. The Morgan fingerprint density at radius 2 is 1.39 bits per heavy atom. The minimum absolute atomic E-state index is 0.0353. The van der Waals surface area contributed by atoms with Gasteiger partial charge >= 0.3 is 23.9 Å². The Kier molecular flexibility index (Phi) is 9.26. The number of carboxylic acids is 2. The highest BCUT2D eigenvalue weighted by atomic mass is 16.6. The molecule has 0 aliphatic heterocycles. The number of hydrogen-bond donors (Lipinski definition) is 2. The number of hydrogen-bond acceptors (Lipinski definition) is 8. The molecule has 1 aromatic carbocycles. The normalized spacial score (nSPS) is 9.84. The molecule has 0 fully saturated rings. The van der Waals surface area contributed by atoms with Gasteiger partial charge in [-0.05, 0) is 44.9 Å². The first-order valence-corrected chi connectivity index (χ1v) is 9.17. The Balaban J connectivity index is 0.000000343. The van der Waals surface area contributed by atoms with Crippen molar-refractivity contribution in [2.24, 2.45) is 0 Å². The van der Waals surface area contributed by atoms with Gasteiger partial charge in [-0.1, -0.05) is 6.07 Å². The van der Waals surface area contributed by atoms with Crippen LogP contribution in [0.2, 0.25) is 0 Å². The molecule has 0 spiro atoms. The molecule has 1 aromatic heterocycles. The van der Waals surface area contributed by atoms with Crippen molar-refractivity contribution in [3.8, 4) is 11.5 Å². The van der Waals surface area contributed by atoms with Gasteiger partial charge in [-0.2, -0.15) is 0 Å². The van der Waals surface area contributed by atoms with E-state index in [0.29, 0.717) is 23.4 Å². The summed E-state index contributed by atoms with van der Waals surface area (Å²) in [6, 6.07) is 4.58. The molecule has 0 aliphatic carbocycles. The molecule has 2 aromatic rings. The second-order valence-electron chi connectivity index (χ2n) is 6.50. The topological polar surface area (TPSA) is 153 Å². The van der Waals surface area contributed by atoms with Gasteiger partial charge in [0, 0.05) is 20.3 Å². The maximum Gasteiger partial charge on any atom is 0.356 e. The first-order valence-electron chi connectivity index (χ1n) is 9.17. The van der Waals surface area contributed by atoms with E-state index in [9.17, 15) is 19.2 Å². The van der Waals surface area contributed by atoms with Gasteiger partial charge in [-0.3, -0.25) is 19.4 Å². The molecule has 10 heteroatoms. The van der Waals surface area contributed by atoms with Crippen LogP contribution in [0.3, 0.4) is 0 Å². The van der Waals surface area contributed by atoms with Crippen LogP contribution in [0.15, 0.2) is 18.2 Å². The molecule has 2 N–H and O–H groups in total. The van der Waals surface area contributed by atoms with Crippen LogP contribution in [0.25, 0.3) is 0 Å². The van der Waals surface area contributed by atoms with Crippen molar-refractivity contribution < 1.29 is 38.9 Å². The van der Waals surface area contributed by atoms with Crippen molar-refractivity contribution in [2.45, 2.75) is 47.5 Å². The molecule has 0 saturated heterocycles. The quantitative estimate of drug-likeness (QED) is 0.514. The summed E-state index contributed by atoms with van der Waals surface area (Å²) in [6.07, 6.45) is 0.260. The average molecular weight is 432 g/mol. The summed E-state index contributed by atoms with van der Waals surface area (Å²) in [5.74, 6) is -2.80. The van der Waals surface area contributed by atoms with Crippen molar-refractivity contribution in [3.63, 3.8) is 0 Å². The zero-order valence-corrected chi connectivity index (χ0v) is 17.9. The molecule has 0 radical (unpaired) electrons. The maximum atomic E-state index is 11.0. The fourth-order valence-corrected chi connectivity index (χ4v) is 2.35. The number of nitrogens with zero attached hydrogens (tertiary/aromatic N) is 2. The molecular formula is C21H24N2O8. The number of aromatic nitrogens is 2. The van der Waals surface area contributed by atoms with Gasteiger partial charge in [-0.25, -0.2) is 9.78 Å². The minimum Gasteiger partial charge on any atom is -0.481 e. The molecule has 2 rings (SSSR count). The number of aryl methyl sites for hydroxylation is 4. The summed E-state index contributed by atoms with van der Waals surface area (Å²) >= 11 is 0. The van der Waals surface area contributed by atoms with Crippen LogP contribution in [0.1, 0.15) is 53.4 Å². The third-order valence-electron chi connectivity index (χ3n) is 3.83. The molecular weight excluding hydrogens is 408 g/mol. The van der Waals surface area contributed by atoms with Crippen LogP contribution < -0.4 is 9.47 Å². The van der Waals surface area contributed by atoms with Crippen molar-refractivity contribution >= 4 is 23.9 Å². The van der Waals surface area contributed by atoms with Crippen molar-refractivity contribution in [3.05, 3.63) is 46.5 Å². The highest BCUT2D eigenvalue weighted by molar-refractivity contribution is 5.86. The number of esters is 2. The van der Waals surface area contributed by atoms with Crippen LogP contribution in [-0.2, 0) is 20.8 Å². The number of benzene rings is 1. The Hall–Kier alpha value is -3.82. The standard InChI is InChI=1S/C13H14O6.C8H10N2O2/c1-8(14)18-11-5-3-10(4-6-13(16)17)7-12(11)19-9(2)15;1-4-5(2)10-7(8(11)12)6(3)9-4/h3,5,7H,4,6H2,1-2H3,(H,16,17);1-3H3,(H,11,12). The minimum atomic E-state index is -1.02. The number of aromatic carboxylic acids is 1. The van der Waals surface area contributed by atoms with Crippen molar-refractivity contribution in [1.82, 2.24) is 9.97 Å². The first kappa shape index (κ1) is 25.2. The van der Waals surface area contributed by atoms with E-state index in [1.165, 1.54) is 26.0 Å². The second-order valence-corrected chi connectivity index (χ2v) is 6.50. The number of carbonyl (C=O) groups excluding carboxylic acids is 2. The summed E-state index contributed by atoms with van der Waals surface area (Å²) in [6.45, 7) is 7.65. The van der Waals surface area contributed by atoms with Crippen LogP contribution in [0.4, 0.5) is 0 Å². The third-order valence-corrected chi connectivity index (χ3v) is 3.83. The lowest BCUT2D eigenvalue weighted by Crippen LogP contribution is -2.08. The fourth-order valence-electron chi connectivity index (χ4n) is 2.35. The summed E-state index contributed by atoms with van der Waals surface area (Å²) in [7, 11) is 0. The highest BCUT2D eigenvalue weighted by Crippen LogP contribution is 2.29. The van der Waals surface area contributed by atoms with Crippen molar-refractivity contribution in [1.29, 1.82) is 0 Å². The number of carbonyl (C=O) groups is 4. The summed E-state index contributed by atoms with van der Waals surface area (Å²) in [5, 5.41) is 17.3. The molecule has 0 saturated carbocycles. The highest BCUT2D eigenvalue weighted by Gasteiger charge is 2.12. The predicted molar refractivity (Wildman–Crippen MR) is 108 cm³/mol. The van der Waals surface area contributed by atoms with Gasteiger partial charge in [0.15, 0.2) is 17.2 Å². The van der Waals surface area contributed by atoms with Gasteiger partial charge in [0.1, 0.15) is 0 Å². The van der Waals surface area contributed by atoms with E-state index in [2.05, 4.69) is 9.97 Å². The molecule has 10 nitrogen and oxygen atoms in total. The van der Waals surface area contributed by atoms with E-state index in [1.807, 2.05) is 0 Å². The summed E-state index contributed by atoms with van der Waals surface area (Å²) in [4.78, 5) is 50.9. The molecule has 31 heavy (non-hydrogen) atoms. The average Bonchev–Trinajstić information content (AvgIpc) is 2.64. The van der Waals surface area contributed by atoms with E-state index < -0.39 is 23.9 Å². The zero-order chi connectivity index (χ0) is 23.7. The number of ether oxygens (including phenoxy) is 2. The SMILES string of the molecule is CC(=O)Oc1ccc(CCC(=O)O)cc1OC(C)=O.Cc1nc(C)c(C(=O)O)nc1C. The fraction of sp³-hybridized carbons (Fsp3) is 0.333. The van der Waals surface area contributed by atoms with Crippen LogP contribution in [0.5, 0.6) is 11.5 Å². The lowest BCUT2D eigenvalue weighted by atomic mass is 10.1. The van der Waals surface area contributed by atoms with Gasteiger partial charge in [0.05, 0.1) is 17.1 Å². The third kappa shape index (κ3) is 8.60. The molecule has 0 bridgehead atoms. The Bertz CT molecular complexity index is 1000. The summed E-state index contributed by atoms with van der Waals surface area (Å²) < 4.78 is 9.82. The second kappa shape index (κ2) is 11.4. The van der Waals surface area contributed by atoms with E-state index in [0.717, 1.165) is 5.69 Å². The molecule has 0 atom stereocenters. The largest absolute Gasteiger partial charge is 0.481 e. The Morgan fingerprint density at radius 3 is 1.90 bits per heavy atom. The van der Waals surface area contributed by atoms with E-state index in [1.54, 1.807) is 26.8 Å². The molecule has 1 heterocycles. The number of aliphatic carboxylic acids is 1. The molecule has 0 unspecified atom stereocenters. The monoisotopic (exact) mass is 432 g/mol. The maximum absolute atomic E-state index is 11.0. The van der Waals surface area contributed by atoms with E-state index in [4.69, 9.17) is 19.7 Å². The first-order chi connectivity index (χ1) is 14.4.